The fourth-order valence-corrected chi connectivity index (χ4v) is 3.94. The maximum absolute atomic E-state index is 12.6. The quantitative estimate of drug-likeness (QED) is 0.502. The molecule has 2 aromatic carbocycles. The van der Waals surface area contributed by atoms with Crippen LogP contribution in [0.4, 0.5) is 0 Å². The summed E-state index contributed by atoms with van der Waals surface area (Å²) >= 11 is 17.9. The molecule has 0 aliphatic heterocycles. The number of hydrogen-bond acceptors (Lipinski definition) is 5. The Morgan fingerprint density at radius 3 is 2.57 bits per heavy atom. The van der Waals surface area contributed by atoms with Crippen LogP contribution in [-0.4, -0.2) is 45.5 Å². The van der Waals surface area contributed by atoms with E-state index in [1.54, 1.807) is 18.2 Å². The highest BCUT2D eigenvalue weighted by Gasteiger charge is 2.23. The van der Waals surface area contributed by atoms with Crippen molar-refractivity contribution in [2.75, 3.05) is 20.7 Å². The van der Waals surface area contributed by atoms with Gasteiger partial charge >= 0.3 is 0 Å². The minimum absolute atomic E-state index is 0.0668. The summed E-state index contributed by atoms with van der Waals surface area (Å²) in [6.07, 6.45) is 1.31. The van der Waals surface area contributed by atoms with Crippen LogP contribution in [0.2, 0.25) is 15.1 Å². The number of amides is 1. The average Bonchev–Trinajstić information content (AvgIpc) is 2.65. The highest BCUT2D eigenvalue weighted by atomic mass is 35.5. The lowest BCUT2D eigenvalue weighted by Gasteiger charge is -2.16. The number of halogens is 3. The van der Waals surface area contributed by atoms with E-state index in [-0.39, 0.29) is 9.92 Å². The van der Waals surface area contributed by atoms with Crippen LogP contribution in [-0.2, 0) is 14.8 Å². The number of ether oxygens (including phenoxy) is 1. The fourth-order valence-electron chi connectivity index (χ4n) is 2.10. The van der Waals surface area contributed by atoms with Crippen molar-refractivity contribution in [1.82, 2.24) is 9.73 Å². The molecule has 0 radical (unpaired) electrons. The van der Waals surface area contributed by atoms with Gasteiger partial charge in [-0.1, -0.05) is 46.9 Å². The molecule has 0 saturated heterocycles. The number of nitrogens with one attached hydrogen (secondary N) is 1. The number of rotatable bonds is 7. The van der Waals surface area contributed by atoms with E-state index in [2.05, 4.69) is 10.5 Å². The number of hydrazone groups is 1. The third-order valence-corrected chi connectivity index (χ3v) is 6.50. The maximum Gasteiger partial charge on any atom is 0.255 e. The van der Waals surface area contributed by atoms with Crippen molar-refractivity contribution in [3.05, 3.63) is 57.0 Å². The fraction of sp³-hybridized carbons (Fsp3) is 0.176. The highest BCUT2D eigenvalue weighted by molar-refractivity contribution is 7.89. The Hall–Kier alpha value is -1.84. The molecular formula is C17H16Cl3N3O4S. The van der Waals surface area contributed by atoms with E-state index in [4.69, 9.17) is 39.5 Å². The molecule has 0 aliphatic rings. The van der Waals surface area contributed by atoms with E-state index in [9.17, 15) is 13.2 Å². The summed E-state index contributed by atoms with van der Waals surface area (Å²) < 4.78 is 31.0. The van der Waals surface area contributed by atoms with Gasteiger partial charge in [0.2, 0.25) is 10.0 Å². The van der Waals surface area contributed by atoms with Crippen molar-refractivity contribution in [3.63, 3.8) is 0 Å². The Morgan fingerprint density at radius 2 is 1.93 bits per heavy atom. The van der Waals surface area contributed by atoms with Gasteiger partial charge in [-0.2, -0.15) is 9.41 Å². The molecule has 1 N–H and O–H groups in total. The number of nitrogens with zero attached hydrogens (tertiary/aromatic N) is 2. The van der Waals surface area contributed by atoms with Crippen molar-refractivity contribution in [1.29, 1.82) is 0 Å². The Bertz CT molecular complexity index is 1010. The van der Waals surface area contributed by atoms with Gasteiger partial charge in [0.1, 0.15) is 5.75 Å². The second-order valence-corrected chi connectivity index (χ2v) is 8.73. The first-order valence-electron chi connectivity index (χ1n) is 7.72. The van der Waals surface area contributed by atoms with Crippen LogP contribution in [0.1, 0.15) is 5.56 Å². The summed E-state index contributed by atoms with van der Waals surface area (Å²) in [5.74, 6) is -0.296. The summed E-state index contributed by atoms with van der Waals surface area (Å²) in [5.41, 5.74) is 2.74. The van der Waals surface area contributed by atoms with Crippen molar-refractivity contribution < 1.29 is 17.9 Å². The van der Waals surface area contributed by atoms with Crippen molar-refractivity contribution >= 4 is 56.9 Å². The SMILES string of the molecule is COc1ccc(S(=O)(=O)N(C)CC(=O)NN=Cc2cccc(Cl)c2Cl)cc1Cl. The van der Waals surface area contributed by atoms with Gasteiger partial charge in [-0.15, -0.1) is 0 Å². The minimum atomic E-state index is -3.93. The summed E-state index contributed by atoms with van der Waals surface area (Å²) in [6.45, 7) is -0.452. The molecule has 0 aliphatic carbocycles. The molecule has 0 saturated carbocycles. The van der Waals surface area contributed by atoms with Crippen LogP contribution in [0, 0.1) is 0 Å². The predicted octanol–water partition coefficient (Wildman–Crippen LogP) is 3.43. The van der Waals surface area contributed by atoms with Gasteiger partial charge in [0.25, 0.3) is 5.91 Å². The number of methoxy groups -OCH3 is 1. The molecule has 28 heavy (non-hydrogen) atoms. The largest absolute Gasteiger partial charge is 0.495 e. The van der Waals surface area contributed by atoms with Crippen molar-refractivity contribution in [3.8, 4) is 5.75 Å². The second-order valence-electron chi connectivity index (χ2n) is 5.49. The lowest BCUT2D eigenvalue weighted by molar-refractivity contribution is -0.121. The highest BCUT2D eigenvalue weighted by Crippen LogP contribution is 2.28. The van der Waals surface area contributed by atoms with Crippen LogP contribution in [0.5, 0.6) is 5.75 Å². The molecule has 0 bridgehead atoms. The number of carbonyl (C=O) groups excluding carboxylic acids is 1. The normalized spacial score (nSPS) is 11.8. The van der Waals surface area contributed by atoms with Crippen LogP contribution in [0.3, 0.4) is 0 Å². The van der Waals surface area contributed by atoms with Crippen LogP contribution >= 0.6 is 34.8 Å². The van der Waals surface area contributed by atoms with Crippen molar-refractivity contribution in [2.45, 2.75) is 4.90 Å². The molecule has 2 rings (SSSR count). The molecule has 0 heterocycles. The molecule has 11 heteroatoms. The number of hydrogen-bond donors (Lipinski definition) is 1. The third kappa shape index (κ3) is 5.36. The van der Waals surface area contributed by atoms with Gasteiger partial charge in [0, 0.05) is 12.6 Å². The average molecular weight is 465 g/mol. The first kappa shape index (κ1) is 22.4. The van der Waals surface area contributed by atoms with Crippen LogP contribution < -0.4 is 10.2 Å². The first-order valence-corrected chi connectivity index (χ1v) is 10.3. The van der Waals surface area contributed by atoms with E-state index >= 15 is 0 Å². The van der Waals surface area contributed by atoms with E-state index in [0.717, 1.165) is 4.31 Å². The van der Waals surface area contributed by atoms with E-state index in [1.807, 2.05) is 0 Å². The summed E-state index contributed by atoms with van der Waals surface area (Å²) in [5, 5.41) is 4.54. The van der Waals surface area contributed by atoms with Crippen LogP contribution in [0.25, 0.3) is 0 Å². The number of likely N-dealkylation sites (N-methyl/N-ethyl adjacent to an activating group) is 1. The lowest BCUT2D eigenvalue weighted by atomic mass is 10.2. The molecule has 7 nitrogen and oxygen atoms in total. The molecule has 0 atom stereocenters. The minimum Gasteiger partial charge on any atom is -0.495 e. The smallest absolute Gasteiger partial charge is 0.255 e. The number of sulfonamides is 1. The zero-order chi connectivity index (χ0) is 20.9. The van der Waals surface area contributed by atoms with Gasteiger partial charge in [0.05, 0.1) is 39.8 Å². The predicted molar refractivity (Wildman–Crippen MR) is 110 cm³/mol. The lowest BCUT2D eigenvalue weighted by Crippen LogP contribution is -2.36. The Labute approximate surface area is 177 Å². The number of benzene rings is 2. The van der Waals surface area contributed by atoms with Gasteiger partial charge in [0.15, 0.2) is 0 Å². The molecule has 2 aromatic rings. The Morgan fingerprint density at radius 1 is 1.21 bits per heavy atom. The number of carbonyl (C=O) groups is 1. The second kappa shape index (κ2) is 9.58. The van der Waals surface area contributed by atoms with E-state index in [1.165, 1.54) is 38.6 Å². The molecule has 0 unspecified atom stereocenters. The summed E-state index contributed by atoms with van der Waals surface area (Å²) in [4.78, 5) is 11.9. The summed E-state index contributed by atoms with van der Waals surface area (Å²) in [7, 11) is -1.24. The van der Waals surface area contributed by atoms with E-state index in [0.29, 0.717) is 21.4 Å². The molecule has 0 fully saturated rings. The molecule has 0 aromatic heterocycles. The molecule has 0 spiro atoms. The molecule has 1 amide bonds. The Kier molecular flexibility index (Phi) is 7.68. The summed E-state index contributed by atoms with van der Waals surface area (Å²) in [6, 6.07) is 8.98. The van der Waals surface area contributed by atoms with Gasteiger partial charge in [-0.3, -0.25) is 4.79 Å². The van der Waals surface area contributed by atoms with Gasteiger partial charge in [-0.25, -0.2) is 13.8 Å². The zero-order valence-corrected chi connectivity index (χ0v) is 17.9. The van der Waals surface area contributed by atoms with Crippen molar-refractivity contribution in [2.24, 2.45) is 5.10 Å². The monoisotopic (exact) mass is 463 g/mol. The third-order valence-electron chi connectivity index (χ3n) is 3.57. The maximum atomic E-state index is 12.6. The Balaban J connectivity index is 2.03. The van der Waals surface area contributed by atoms with E-state index < -0.39 is 22.5 Å². The molecule has 150 valence electrons. The standard InChI is InChI=1S/C17H16Cl3N3O4S/c1-23(28(25,26)12-6-7-15(27-2)14(19)8-12)10-16(24)22-21-9-11-4-3-5-13(18)17(11)20/h3-9H,10H2,1-2H3,(H,22,24). The van der Waals surface area contributed by atoms with Crippen LogP contribution in [0.15, 0.2) is 46.4 Å². The zero-order valence-electron chi connectivity index (χ0n) is 14.8. The van der Waals surface area contributed by atoms with Gasteiger partial charge < -0.3 is 4.74 Å². The van der Waals surface area contributed by atoms with Gasteiger partial charge in [-0.05, 0) is 24.3 Å². The topological polar surface area (TPSA) is 88.1 Å². The first-order chi connectivity index (χ1) is 13.2. The molecular weight excluding hydrogens is 449 g/mol.